The molecule has 2 N–H and O–H groups in total. The van der Waals surface area contributed by atoms with Crippen LogP contribution in [-0.2, 0) is 9.59 Å². The molecule has 0 amide bonds. The van der Waals surface area contributed by atoms with E-state index in [1.165, 1.54) is 11.8 Å². The molecule has 1 unspecified atom stereocenters. The summed E-state index contributed by atoms with van der Waals surface area (Å²) in [6, 6.07) is 0. The Balaban J connectivity index is 3.31. The van der Waals surface area contributed by atoms with Gasteiger partial charge in [-0.05, 0) is 0 Å². The minimum absolute atomic E-state index is 0.0603. The van der Waals surface area contributed by atoms with E-state index in [-0.39, 0.29) is 6.42 Å². The van der Waals surface area contributed by atoms with Crippen molar-refractivity contribution in [2.75, 3.05) is 11.5 Å². The highest BCUT2D eigenvalue weighted by Crippen LogP contribution is 2.08. The lowest BCUT2D eigenvalue weighted by Crippen LogP contribution is -2.16. The van der Waals surface area contributed by atoms with Gasteiger partial charge in [0.1, 0.15) is 5.25 Å². The number of hydrogen-bond donors (Lipinski definition) is 3. The predicted molar refractivity (Wildman–Crippen MR) is 50.0 cm³/mol. The molecule has 70 valence electrons. The molecule has 0 aliphatic heterocycles. The minimum Gasteiger partial charge on any atom is -0.481 e. The lowest BCUT2D eigenvalue weighted by Gasteiger charge is -2.02. The predicted octanol–water partition coefficient (Wildman–Crippen LogP) is 0.577. The number of thioether (sulfide) groups is 1. The largest absolute Gasteiger partial charge is 0.481 e. The Morgan fingerprint density at radius 3 is 2.42 bits per heavy atom. The Bertz CT molecular complexity index is 171. The van der Waals surface area contributed by atoms with E-state index in [0.29, 0.717) is 11.5 Å². The highest BCUT2D eigenvalue weighted by Gasteiger charge is 2.11. The number of carbonyl (C=O) groups is 2. The summed E-state index contributed by atoms with van der Waals surface area (Å²) in [5.74, 6) is -1.07. The van der Waals surface area contributed by atoms with Gasteiger partial charge in [-0.2, -0.15) is 24.4 Å². The summed E-state index contributed by atoms with van der Waals surface area (Å²) in [6.45, 7) is 0. The van der Waals surface area contributed by atoms with Crippen LogP contribution >= 0.6 is 24.4 Å². The summed E-state index contributed by atoms with van der Waals surface area (Å²) in [6.07, 6.45) is 0.0603. The number of carboxylic acids is 2. The average Bonchev–Trinajstić information content (AvgIpc) is 1.97. The van der Waals surface area contributed by atoms with Gasteiger partial charge in [-0.15, -0.1) is 0 Å². The van der Waals surface area contributed by atoms with Crippen molar-refractivity contribution in [1.82, 2.24) is 0 Å². The van der Waals surface area contributed by atoms with E-state index in [1.54, 1.807) is 0 Å². The van der Waals surface area contributed by atoms with Gasteiger partial charge in [0.15, 0.2) is 0 Å². The summed E-state index contributed by atoms with van der Waals surface area (Å²) < 4.78 is 0. The van der Waals surface area contributed by atoms with E-state index in [2.05, 4.69) is 12.6 Å². The molecule has 12 heavy (non-hydrogen) atoms. The van der Waals surface area contributed by atoms with Crippen LogP contribution in [0.5, 0.6) is 0 Å². The van der Waals surface area contributed by atoms with E-state index in [9.17, 15) is 9.59 Å². The molecule has 0 saturated heterocycles. The smallest absolute Gasteiger partial charge is 0.317 e. The molecular weight excluding hydrogens is 200 g/mol. The van der Waals surface area contributed by atoms with Crippen LogP contribution < -0.4 is 0 Å². The minimum atomic E-state index is -0.971. The zero-order valence-corrected chi connectivity index (χ0v) is 7.98. The fourth-order valence-corrected chi connectivity index (χ4v) is 1.59. The van der Waals surface area contributed by atoms with Crippen molar-refractivity contribution in [2.45, 2.75) is 11.7 Å². The standard InChI is InChI=1S/C6H10O4S2/c7-5(8)1-2-12-3-4(11)6(9)10/h4,11H,1-3H2,(H,7,8)(H,9,10). The number of rotatable bonds is 6. The molecular formula is C6H10O4S2. The Kier molecular flexibility index (Phi) is 6.00. The zero-order valence-electron chi connectivity index (χ0n) is 6.27. The van der Waals surface area contributed by atoms with Crippen LogP contribution in [0.15, 0.2) is 0 Å². The third-order valence-corrected chi connectivity index (χ3v) is 2.73. The van der Waals surface area contributed by atoms with Gasteiger partial charge in [0.2, 0.25) is 0 Å². The molecule has 0 aromatic rings. The highest BCUT2D eigenvalue weighted by atomic mass is 32.2. The second-order valence-electron chi connectivity index (χ2n) is 2.07. The molecule has 6 heteroatoms. The van der Waals surface area contributed by atoms with Crippen molar-refractivity contribution in [3.8, 4) is 0 Å². The van der Waals surface area contributed by atoms with Gasteiger partial charge in [0.05, 0.1) is 6.42 Å². The Morgan fingerprint density at radius 2 is 2.00 bits per heavy atom. The number of hydrogen-bond acceptors (Lipinski definition) is 4. The third-order valence-electron chi connectivity index (χ3n) is 1.02. The fraction of sp³-hybridized carbons (Fsp3) is 0.667. The van der Waals surface area contributed by atoms with Gasteiger partial charge in [-0.3, -0.25) is 9.59 Å². The van der Waals surface area contributed by atoms with Crippen LogP contribution in [0.4, 0.5) is 0 Å². The molecule has 0 radical (unpaired) electrons. The first-order chi connectivity index (χ1) is 5.54. The summed E-state index contributed by atoms with van der Waals surface area (Å²) in [5, 5.41) is 15.9. The Labute approximate surface area is 79.8 Å². The van der Waals surface area contributed by atoms with E-state index in [1.807, 2.05) is 0 Å². The quantitative estimate of drug-likeness (QED) is 0.441. The fourth-order valence-electron chi connectivity index (χ4n) is 0.426. The van der Waals surface area contributed by atoms with Crippen molar-refractivity contribution in [1.29, 1.82) is 0 Å². The molecule has 0 rings (SSSR count). The number of aliphatic carboxylic acids is 2. The molecule has 0 aromatic heterocycles. The first kappa shape index (κ1) is 11.6. The van der Waals surface area contributed by atoms with Crippen LogP contribution in [0.25, 0.3) is 0 Å². The van der Waals surface area contributed by atoms with E-state index >= 15 is 0 Å². The SMILES string of the molecule is O=C(O)CCSCC(S)C(=O)O. The van der Waals surface area contributed by atoms with Crippen LogP contribution in [0.2, 0.25) is 0 Å². The average molecular weight is 210 g/mol. The second kappa shape index (κ2) is 6.19. The summed E-state index contributed by atoms with van der Waals surface area (Å²) in [4.78, 5) is 20.3. The summed E-state index contributed by atoms with van der Waals surface area (Å²) in [7, 11) is 0. The molecule has 0 heterocycles. The maximum absolute atomic E-state index is 10.2. The highest BCUT2D eigenvalue weighted by molar-refractivity contribution is 8.00. The third kappa shape index (κ3) is 6.36. The van der Waals surface area contributed by atoms with Crippen molar-refractivity contribution >= 4 is 36.3 Å². The molecule has 0 aromatic carbocycles. The molecule has 1 atom stereocenters. The van der Waals surface area contributed by atoms with Gasteiger partial charge in [-0.1, -0.05) is 0 Å². The van der Waals surface area contributed by atoms with Crippen LogP contribution in [0.1, 0.15) is 6.42 Å². The summed E-state index contributed by atoms with van der Waals surface area (Å²) >= 11 is 5.06. The van der Waals surface area contributed by atoms with E-state index < -0.39 is 17.2 Å². The molecule has 0 bridgehead atoms. The maximum atomic E-state index is 10.2. The molecule has 0 aliphatic rings. The van der Waals surface area contributed by atoms with Crippen molar-refractivity contribution in [2.24, 2.45) is 0 Å². The molecule has 4 nitrogen and oxygen atoms in total. The maximum Gasteiger partial charge on any atom is 0.317 e. The normalized spacial score (nSPS) is 12.4. The van der Waals surface area contributed by atoms with Crippen LogP contribution in [-0.4, -0.2) is 38.9 Å². The van der Waals surface area contributed by atoms with Crippen molar-refractivity contribution < 1.29 is 19.8 Å². The monoisotopic (exact) mass is 210 g/mol. The number of carboxylic acid groups (broad SMARTS) is 2. The Morgan fingerprint density at radius 1 is 1.42 bits per heavy atom. The lowest BCUT2D eigenvalue weighted by atomic mass is 10.5. The van der Waals surface area contributed by atoms with Gasteiger partial charge in [0.25, 0.3) is 0 Å². The van der Waals surface area contributed by atoms with Gasteiger partial charge < -0.3 is 10.2 Å². The number of thiol groups is 1. The van der Waals surface area contributed by atoms with Gasteiger partial charge in [-0.25, -0.2) is 0 Å². The second-order valence-corrected chi connectivity index (χ2v) is 3.85. The van der Waals surface area contributed by atoms with E-state index in [0.717, 1.165) is 0 Å². The lowest BCUT2D eigenvalue weighted by molar-refractivity contribution is -0.137. The first-order valence-corrected chi connectivity index (χ1v) is 4.91. The topological polar surface area (TPSA) is 74.6 Å². The van der Waals surface area contributed by atoms with E-state index in [4.69, 9.17) is 10.2 Å². The Hall–Kier alpha value is -0.360. The van der Waals surface area contributed by atoms with Crippen molar-refractivity contribution in [3.05, 3.63) is 0 Å². The molecule has 0 aliphatic carbocycles. The first-order valence-electron chi connectivity index (χ1n) is 3.24. The summed E-state index contributed by atoms with van der Waals surface area (Å²) in [5.41, 5.74) is 0. The van der Waals surface area contributed by atoms with Gasteiger partial charge >= 0.3 is 11.9 Å². The van der Waals surface area contributed by atoms with Crippen molar-refractivity contribution in [3.63, 3.8) is 0 Å². The molecule has 0 fully saturated rings. The van der Waals surface area contributed by atoms with Gasteiger partial charge in [0, 0.05) is 11.5 Å². The molecule has 0 saturated carbocycles. The van der Waals surface area contributed by atoms with Crippen LogP contribution in [0, 0.1) is 0 Å². The zero-order chi connectivity index (χ0) is 9.56. The van der Waals surface area contributed by atoms with Crippen LogP contribution in [0.3, 0.4) is 0 Å². The molecule has 0 spiro atoms.